The maximum Gasteiger partial charge on any atom is 0.220 e. The summed E-state index contributed by atoms with van der Waals surface area (Å²) in [6.07, 6.45) is 16.1. The number of carbonyl (C=O) groups excluding carboxylic acids is 4. The van der Waals surface area contributed by atoms with Gasteiger partial charge in [-0.2, -0.15) is 0 Å². The van der Waals surface area contributed by atoms with Crippen LogP contribution in [0.25, 0.3) is 0 Å². The highest BCUT2D eigenvalue weighted by Gasteiger charge is 2.32. The van der Waals surface area contributed by atoms with Crippen LogP contribution in [-0.2, 0) is 47.6 Å². The Labute approximate surface area is 279 Å². The van der Waals surface area contributed by atoms with Crippen LogP contribution in [-0.4, -0.2) is 128 Å². The largest absolute Gasteiger partial charge is 0.377 e. The van der Waals surface area contributed by atoms with Gasteiger partial charge in [0, 0.05) is 51.4 Å². The van der Waals surface area contributed by atoms with Gasteiger partial charge < -0.3 is 49.7 Å². The fourth-order valence-corrected chi connectivity index (χ4v) is 4.10. The molecule has 0 aromatic rings. The van der Waals surface area contributed by atoms with Crippen molar-refractivity contribution in [2.24, 2.45) is 0 Å². The van der Waals surface area contributed by atoms with Gasteiger partial charge in [-0.25, -0.2) is 0 Å². The molecule has 4 N–H and O–H groups in total. The second-order valence-corrected chi connectivity index (χ2v) is 10.1. The van der Waals surface area contributed by atoms with Gasteiger partial charge in [-0.3, -0.25) is 19.2 Å². The Balaban J connectivity index is 4.98. The number of rotatable bonds is 31. The lowest BCUT2D eigenvalue weighted by Gasteiger charge is -2.34. The van der Waals surface area contributed by atoms with E-state index in [9.17, 15) is 19.2 Å². The molecule has 0 unspecified atom stereocenters. The van der Waals surface area contributed by atoms with Crippen LogP contribution in [0.3, 0.4) is 0 Å². The maximum atomic E-state index is 12.6. The molecule has 4 amide bonds. The van der Waals surface area contributed by atoms with Crippen LogP contribution in [0, 0.1) is 37.0 Å². The molecule has 0 aromatic carbocycles. The number of carbonyl (C=O) groups is 4. The Morgan fingerprint density at radius 1 is 0.511 bits per heavy atom. The van der Waals surface area contributed by atoms with E-state index in [0.29, 0.717) is 39.6 Å². The second-order valence-electron chi connectivity index (χ2n) is 10.1. The van der Waals surface area contributed by atoms with Gasteiger partial charge in [-0.05, 0) is 19.3 Å². The monoisotopic (exact) mass is 664 g/mol. The number of amides is 4. The predicted octanol–water partition coefficient (Wildman–Crippen LogP) is -0.450. The van der Waals surface area contributed by atoms with E-state index in [4.69, 9.17) is 47.7 Å². The topological polar surface area (TPSA) is 172 Å². The summed E-state index contributed by atoms with van der Waals surface area (Å²) in [6, 6.07) is 0. The maximum absolute atomic E-state index is 12.6. The SMILES string of the molecule is C#CCOCCOCCNC(=O)CCC(CCC(=O)NCCOCCOCC#C)(CCC(=O)NCCOCCOCC#C)NC(C)=O. The van der Waals surface area contributed by atoms with Gasteiger partial charge in [0.1, 0.15) is 19.8 Å². The molecule has 0 aliphatic carbocycles. The van der Waals surface area contributed by atoms with E-state index in [1.807, 2.05) is 0 Å². The minimum atomic E-state index is -0.988. The highest BCUT2D eigenvalue weighted by atomic mass is 16.5. The quantitative estimate of drug-likeness (QED) is 0.0562. The van der Waals surface area contributed by atoms with Crippen LogP contribution < -0.4 is 21.3 Å². The van der Waals surface area contributed by atoms with Crippen LogP contribution >= 0.6 is 0 Å². The minimum Gasteiger partial charge on any atom is -0.377 e. The Kier molecular flexibility index (Phi) is 28.5. The molecule has 14 heteroatoms. The standard InChI is InChI=1S/C33H52N4O10/c1-5-17-42-23-26-45-20-14-34-30(39)8-11-33(37-29(4)38,12-9-31(40)35-15-21-46-27-24-43-18-6-2)13-10-32(41)36-16-22-47-28-25-44-19-7-3/h1-3H,8-28H2,4H3,(H,34,39)(H,35,40)(H,36,41)(H,37,38). The van der Waals surface area contributed by atoms with E-state index in [0.717, 1.165) is 0 Å². The lowest BCUT2D eigenvalue weighted by molar-refractivity contribution is -0.126. The highest BCUT2D eigenvalue weighted by Crippen LogP contribution is 2.26. The summed E-state index contributed by atoms with van der Waals surface area (Å²) in [4.78, 5) is 50.2. The van der Waals surface area contributed by atoms with E-state index in [2.05, 4.69) is 39.0 Å². The Morgan fingerprint density at radius 3 is 1.09 bits per heavy atom. The first kappa shape index (κ1) is 43.3. The van der Waals surface area contributed by atoms with Crippen LogP contribution in [0.4, 0.5) is 0 Å². The van der Waals surface area contributed by atoms with Crippen LogP contribution in [0.2, 0.25) is 0 Å². The smallest absolute Gasteiger partial charge is 0.220 e. The molecule has 264 valence electrons. The second kappa shape index (κ2) is 30.9. The molecule has 0 spiro atoms. The van der Waals surface area contributed by atoms with E-state index < -0.39 is 5.54 Å². The third-order valence-corrected chi connectivity index (χ3v) is 6.31. The van der Waals surface area contributed by atoms with E-state index >= 15 is 0 Å². The lowest BCUT2D eigenvalue weighted by Crippen LogP contribution is -2.50. The average molecular weight is 665 g/mol. The fourth-order valence-electron chi connectivity index (χ4n) is 4.10. The van der Waals surface area contributed by atoms with Crippen molar-refractivity contribution in [1.82, 2.24) is 21.3 Å². The van der Waals surface area contributed by atoms with E-state index in [1.165, 1.54) is 6.92 Å². The summed E-state index contributed by atoms with van der Waals surface area (Å²) in [6.45, 7) is 5.73. The van der Waals surface area contributed by atoms with Crippen LogP contribution in [0.1, 0.15) is 45.4 Å². The van der Waals surface area contributed by atoms with Gasteiger partial charge in [0.25, 0.3) is 0 Å². The van der Waals surface area contributed by atoms with Gasteiger partial charge >= 0.3 is 0 Å². The Bertz CT molecular complexity index is 891. The highest BCUT2D eigenvalue weighted by molar-refractivity contribution is 5.79. The number of ether oxygens (including phenoxy) is 6. The zero-order valence-corrected chi connectivity index (χ0v) is 27.7. The molecular formula is C33H52N4O10. The van der Waals surface area contributed by atoms with Gasteiger partial charge in [-0.15, -0.1) is 19.3 Å². The molecule has 0 atom stereocenters. The molecule has 0 aliphatic heterocycles. The van der Waals surface area contributed by atoms with Crippen molar-refractivity contribution in [3.8, 4) is 37.0 Å². The summed E-state index contributed by atoms with van der Waals surface area (Å²) in [5, 5.41) is 11.3. The molecule has 47 heavy (non-hydrogen) atoms. The number of nitrogens with one attached hydrogen (secondary N) is 4. The lowest BCUT2D eigenvalue weighted by atomic mass is 9.83. The number of hydrogen-bond donors (Lipinski definition) is 4. The molecule has 0 aromatic heterocycles. The average Bonchev–Trinajstić information content (AvgIpc) is 3.05. The van der Waals surface area contributed by atoms with E-state index in [1.54, 1.807) is 0 Å². The molecule has 0 bridgehead atoms. The summed E-state index contributed by atoms with van der Waals surface area (Å²) in [5.74, 6) is 5.97. The Hall–Kier alpha value is -3.68. The molecule has 0 rings (SSSR count). The predicted molar refractivity (Wildman–Crippen MR) is 175 cm³/mol. The van der Waals surface area contributed by atoms with Crippen LogP contribution in [0.5, 0.6) is 0 Å². The van der Waals surface area contributed by atoms with Crippen molar-refractivity contribution in [2.75, 3.05) is 98.9 Å². The fraction of sp³-hybridized carbons (Fsp3) is 0.697. The van der Waals surface area contributed by atoms with Gasteiger partial charge in [-0.1, -0.05) is 17.8 Å². The minimum absolute atomic E-state index is 0.0555. The Morgan fingerprint density at radius 2 is 0.809 bits per heavy atom. The first-order valence-electron chi connectivity index (χ1n) is 15.6. The normalized spacial score (nSPS) is 10.7. The van der Waals surface area contributed by atoms with E-state index in [-0.39, 0.29) is 121 Å². The van der Waals surface area contributed by atoms with Crippen molar-refractivity contribution in [3.63, 3.8) is 0 Å². The zero-order valence-electron chi connectivity index (χ0n) is 27.7. The molecule has 0 aliphatic rings. The number of terminal acetylenes is 3. The summed E-state index contributed by atoms with van der Waals surface area (Å²) in [7, 11) is 0. The summed E-state index contributed by atoms with van der Waals surface area (Å²) in [5.41, 5.74) is -0.988. The summed E-state index contributed by atoms with van der Waals surface area (Å²) < 4.78 is 31.6. The third-order valence-electron chi connectivity index (χ3n) is 6.31. The first-order chi connectivity index (χ1) is 22.8. The van der Waals surface area contributed by atoms with Gasteiger partial charge in [0.05, 0.1) is 59.5 Å². The van der Waals surface area contributed by atoms with Crippen molar-refractivity contribution in [3.05, 3.63) is 0 Å². The molecule has 0 heterocycles. The molecule has 0 fully saturated rings. The molecular weight excluding hydrogens is 612 g/mol. The molecule has 0 radical (unpaired) electrons. The molecule has 0 saturated carbocycles. The zero-order chi connectivity index (χ0) is 34.9. The van der Waals surface area contributed by atoms with Crippen molar-refractivity contribution >= 4 is 23.6 Å². The number of hydrogen-bond acceptors (Lipinski definition) is 10. The van der Waals surface area contributed by atoms with Crippen molar-refractivity contribution < 1.29 is 47.6 Å². The third kappa shape index (κ3) is 28.3. The van der Waals surface area contributed by atoms with Crippen molar-refractivity contribution in [1.29, 1.82) is 0 Å². The van der Waals surface area contributed by atoms with Crippen LogP contribution in [0.15, 0.2) is 0 Å². The van der Waals surface area contributed by atoms with Crippen molar-refractivity contribution in [2.45, 2.75) is 51.0 Å². The first-order valence-corrected chi connectivity index (χ1v) is 15.6. The summed E-state index contributed by atoms with van der Waals surface area (Å²) >= 11 is 0. The molecule has 0 saturated heterocycles. The van der Waals surface area contributed by atoms with Gasteiger partial charge in [0.2, 0.25) is 23.6 Å². The molecule has 14 nitrogen and oxygen atoms in total. The van der Waals surface area contributed by atoms with Gasteiger partial charge in [0.15, 0.2) is 0 Å².